The summed E-state index contributed by atoms with van der Waals surface area (Å²) in [6, 6.07) is 12.3. The number of carbonyl (C=O) groups excluding carboxylic acids is 1. The highest BCUT2D eigenvalue weighted by molar-refractivity contribution is 7.92. The molecule has 1 atom stereocenters. The van der Waals surface area contributed by atoms with Gasteiger partial charge >= 0.3 is 0 Å². The number of carbonyl (C=O) groups is 1. The zero-order valence-electron chi connectivity index (χ0n) is 15.8. The molecule has 144 valence electrons. The number of amides is 1. The maximum atomic E-state index is 12.2. The zero-order valence-corrected chi connectivity index (χ0v) is 16.6. The van der Waals surface area contributed by atoms with E-state index in [1.165, 1.54) is 6.08 Å². The number of anilines is 1. The Bertz CT molecular complexity index is 935. The van der Waals surface area contributed by atoms with E-state index in [9.17, 15) is 13.2 Å². The largest absolute Gasteiger partial charge is 0.496 e. The Morgan fingerprint density at radius 1 is 1.15 bits per heavy atom. The van der Waals surface area contributed by atoms with Crippen molar-refractivity contribution in [2.24, 2.45) is 0 Å². The molecule has 0 fully saturated rings. The Balaban J connectivity index is 2.02. The molecule has 0 aliphatic rings. The van der Waals surface area contributed by atoms with Gasteiger partial charge in [0.25, 0.3) is 0 Å². The van der Waals surface area contributed by atoms with Crippen molar-refractivity contribution in [3.8, 4) is 5.75 Å². The predicted molar refractivity (Wildman–Crippen MR) is 108 cm³/mol. The van der Waals surface area contributed by atoms with Crippen molar-refractivity contribution >= 4 is 27.7 Å². The first-order valence-electron chi connectivity index (χ1n) is 8.39. The molecule has 0 saturated heterocycles. The van der Waals surface area contributed by atoms with E-state index in [0.29, 0.717) is 5.69 Å². The smallest absolute Gasteiger partial charge is 0.244 e. The summed E-state index contributed by atoms with van der Waals surface area (Å²) in [6.45, 7) is 3.88. The highest BCUT2D eigenvalue weighted by Gasteiger charge is 2.13. The number of rotatable bonds is 7. The minimum atomic E-state index is -3.31. The third kappa shape index (κ3) is 6.45. The van der Waals surface area contributed by atoms with E-state index in [0.717, 1.165) is 28.7 Å². The summed E-state index contributed by atoms with van der Waals surface area (Å²) in [7, 11) is -1.70. The summed E-state index contributed by atoms with van der Waals surface area (Å²) in [4.78, 5) is 12.2. The predicted octanol–water partition coefficient (Wildman–Crippen LogP) is 3.27. The van der Waals surface area contributed by atoms with Crippen LogP contribution in [0.1, 0.15) is 29.7 Å². The van der Waals surface area contributed by atoms with Crippen LogP contribution in [0.25, 0.3) is 6.08 Å². The summed E-state index contributed by atoms with van der Waals surface area (Å²) in [5.41, 5.74) is 3.25. The van der Waals surface area contributed by atoms with Crippen LogP contribution in [0.5, 0.6) is 5.75 Å². The molecule has 0 aromatic heterocycles. The minimum absolute atomic E-state index is 0.210. The van der Waals surface area contributed by atoms with Gasteiger partial charge in [-0.15, -0.1) is 0 Å². The molecule has 2 rings (SSSR count). The first kappa shape index (κ1) is 20.5. The van der Waals surface area contributed by atoms with Gasteiger partial charge in [0.2, 0.25) is 15.9 Å². The fraction of sp³-hybridized carbons (Fsp3) is 0.250. The summed E-state index contributed by atoms with van der Waals surface area (Å²) in [6.07, 6.45) is 4.20. The number of methoxy groups -OCH3 is 1. The van der Waals surface area contributed by atoms with Crippen molar-refractivity contribution in [2.75, 3.05) is 18.1 Å². The number of aryl methyl sites for hydroxylation is 1. The van der Waals surface area contributed by atoms with Crippen molar-refractivity contribution in [2.45, 2.75) is 19.9 Å². The zero-order chi connectivity index (χ0) is 20.0. The third-order valence-electron chi connectivity index (χ3n) is 3.85. The van der Waals surface area contributed by atoms with E-state index in [4.69, 9.17) is 4.74 Å². The number of sulfonamides is 1. The van der Waals surface area contributed by atoms with Crippen LogP contribution in [-0.4, -0.2) is 27.7 Å². The maximum absolute atomic E-state index is 12.2. The second kappa shape index (κ2) is 8.73. The molecule has 6 nitrogen and oxygen atoms in total. The lowest BCUT2D eigenvalue weighted by molar-refractivity contribution is -0.117. The maximum Gasteiger partial charge on any atom is 0.244 e. The number of benzene rings is 2. The molecule has 1 amide bonds. The van der Waals surface area contributed by atoms with Gasteiger partial charge in [0.1, 0.15) is 5.75 Å². The van der Waals surface area contributed by atoms with Crippen LogP contribution in [0.15, 0.2) is 48.5 Å². The van der Waals surface area contributed by atoms with E-state index in [-0.39, 0.29) is 11.9 Å². The molecule has 0 saturated carbocycles. The van der Waals surface area contributed by atoms with Gasteiger partial charge < -0.3 is 10.1 Å². The Hall–Kier alpha value is -2.80. The molecule has 0 aliphatic carbocycles. The second-order valence-corrected chi connectivity index (χ2v) is 8.05. The van der Waals surface area contributed by atoms with Gasteiger partial charge in [0.15, 0.2) is 0 Å². The fourth-order valence-corrected chi connectivity index (χ4v) is 3.14. The van der Waals surface area contributed by atoms with Crippen LogP contribution in [0, 0.1) is 6.92 Å². The minimum Gasteiger partial charge on any atom is -0.496 e. The lowest BCUT2D eigenvalue weighted by Crippen LogP contribution is -2.25. The van der Waals surface area contributed by atoms with Gasteiger partial charge in [0, 0.05) is 17.3 Å². The van der Waals surface area contributed by atoms with Gasteiger partial charge in [-0.2, -0.15) is 0 Å². The van der Waals surface area contributed by atoms with Gasteiger partial charge in [-0.1, -0.05) is 29.8 Å². The van der Waals surface area contributed by atoms with Crippen LogP contribution < -0.4 is 14.8 Å². The van der Waals surface area contributed by atoms with Crippen molar-refractivity contribution in [1.82, 2.24) is 5.32 Å². The SMILES string of the molecule is COc1ccc(C)cc1[C@H](C)NC(=O)/C=C/c1ccc(NS(C)(=O)=O)cc1. The standard InChI is InChI=1S/C20H24N2O4S/c1-14-5-11-19(26-3)18(13-14)15(2)21-20(23)12-8-16-6-9-17(10-7-16)22-27(4,24)25/h5-13,15,22H,1-4H3,(H,21,23)/b12-8+/t15-/m0/s1. The van der Waals surface area contributed by atoms with Crippen molar-refractivity contribution in [3.05, 3.63) is 65.2 Å². The topological polar surface area (TPSA) is 84.5 Å². The number of nitrogens with one attached hydrogen (secondary N) is 2. The average Bonchev–Trinajstić information content (AvgIpc) is 2.59. The highest BCUT2D eigenvalue weighted by Crippen LogP contribution is 2.26. The number of ether oxygens (including phenoxy) is 1. The summed E-state index contributed by atoms with van der Waals surface area (Å²) in [5, 5.41) is 2.91. The summed E-state index contributed by atoms with van der Waals surface area (Å²) in [5.74, 6) is 0.496. The monoisotopic (exact) mass is 388 g/mol. The quantitative estimate of drug-likeness (QED) is 0.713. The van der Waals surface area contributed by atoms with Crippen molar-refractivity contribution in [1.29, 1.82) is 0 Å². The molecule has 0 aliphatic heterocycles. The molecule has 0 heterocycles. The van der Waals surface area contributed by atoms with Gasteiger partial charge in [-0.25, -0.2) is 8.42 Å². The third-order valence-corrected chi connectivity index (χ3v) is 4.46. The molecular formula is C20H24N2O4S. The van der Waals surface area contributed by atoms with Crippen LogP contribution in [-0.2, 0) is 14.8 Å². The van der Waals surface area contributed by atoms with Crippen LogP contribution in [0.4, 0.5) is 5.69 Å². The van der Waals surface area contributed by atoms with E-state index >= 15 is 0 Å². The lowest BCUT2D eigenvalue weighted by Gasteiger charge is -2.17. The molecule has 0 bridgehead atoms. The van der Waals surface area contributed by atoms with Crippen LogP contribution in [0.3, 0.4) is 0 Å². The lowest BCUT2D eigenvalue weighted by atomic mass is 10.0. The van der Waals surface area contributed by atoms with Gasteiger partial charge in [-0.3, -0.25) is 9.52 Å². The molecule has 2 N–H and O–H groups in total. The molecule has 0 spiro atoms. The molecule has 2 aromatic rings. The Kier molecular flexibility index (Phi) is 6.63. The summed E-state index contributed by atoms with van der Waals surface area (Å²) >= 11 is 0. The highest BCUT2D eigenvalue weighted by atomic mass is 32.2. The Morgan fingerprint density at radius 2 is 1.81 bits per heavy atom. The second-order valence-electron chi connectivity index (χ2n) is 6.31. The van der Waals surface area contributed by atoms with Gasteiger partial charge in [-0.05, 0) is 43.7 Å². The number of hydrogen-bond donors (Lipinski definition) is 2. The Labute approximate surface area is 160 Å². The van der Waals surface area contributed by atoms with Gasteiger partial charge in [0.05, 0.1) is 19.4 Å². The Morgan fingerprint density at radius 3 is 2.41 bits per heavy atom. The first-order valence-corrected chi connectivity index (χ1v) is 10.3. The van der Waals surface area contributed by atoms with Crippen molar-refractivity contribution in [3.63, 3.8) is 0 Å². The molecule has 0 radical (unpaired) electrons. The summed E-state index contributed by atoms with van der Waals surface area (Å²) < 4.78 is 30.1. The van der Waals surface area contributed by atoms with E-state index in [1.54, 1.807) is 37.5 Å². The molecule has 27 heavy (non-hydrogen) atoms. The normalized spacial score (nSPS) is 12.6. The molecule has 7 heteroatoms. The number of hydrogen-bond acceptors (Lipinski definition) is 4. The molecule has 2 aromatic carbocycles. The van der Waals surface area contributed by atoms with Crippen LogP contribution >= 0.6 is 0 Å². The molecule has 0 unspecified atom stereocenters. The molecular weight excluding hydrogens is 364 g/mol. The average molecular weight is 388 g/mol. The fourth-order valence-electron chi connectivity index (χ4n) is 2.58. The van der Waals surface area contributed by atoms with E-state index < -0.39 is 10.0 Å². The first-order chi connectivity index (χ1) is 12.7. The van der Waals surface area contributed by atoms with E-state index in [1.807, 2.05) is 32.0 Å². The van der Waals surface area contributed by atoms with Crippen LogP contribution in [0.2, 0.25) is 0 Å². The van der Waals surface area contributed by atoms with E-state index in [2.05, 4.69) is 10.0 Å². The van der Waals surface area contributed by atoms with Crippen molar-refractivity contribution < 1.29 is 17.9 Å².